The number of benzene rings is 2. The molecule has 0 spiro atoms. The lowest BCUT2D eigenvalue weighted by Crippen LogP contribution is -2.40. The second-order valence-corrected chi connectivity index (χ2v) is 8.92. The van der Waals surface area contributed by atoms with E-state index in [1.807, 2.05) is 31.2 Å². The lowest BCUT2D eigenvalue weighted by Gasteiger charge is -2.24. The predicted octanol–water partition coefficient (Wildman–Crippen LogP) is 2.14. The molecular weight excluding hydrogens is 388 g/mol. The molecule has 1 aliphatic heterocycles. The summed E-state index contributed by atoms with van der Waals surface area (Å²) >= 11 is 0. The van der Waals surface area contributed by atoms with Crippen LogP contribution in [-0.4, -0.2) is 45.7 Å². The van der Waals surface area contributed by atoms with Crippen LogP contribution in [0.25, 0.3) is 0 Å². The molecule has 7 nitrogen and oxygen atoms in total. The molecule has 8 heteroatoms. The summed E-state index contributed by atoms with van der Waals surface area (Å²) in [4.78, 5) is 16.9. The highest BCUT2D eigenvalue weighted by molar-refractivity contribution is 7.91. The highest BCUT2D eigenvalue weighted by atomic mass is 32.2. The first-order valence-corrected chi connectivity index (χ1v) is 11.3. The molecule has 2 aromatic carbocycles. The summed E-state index contributed by atoms with van der Waals surface area (Å²) in [5.74, 6) is 0.481. The second-order valence-electron chi connectivity index (χ2n) is 6.81. The zero-order valence-electron chi connectivity index (χ0n) is 16.4. The molecule has 0 bridgehead atoms. The van der Waals surface area contributed by atoms with Crippen molar-refractivity contribution >= 4 is 27.4 Å². The van der Waals surface area contributed by atoms with E-state index in [-0.39, 0.29) is 24.1 Å². The summed E-state index contributed by atoms with van der Waals surface area (Å²) in [6, 6.07) is 16.1. The van der Waals surface area contributed by atoms with Crippen LogP contribution in [0, 0.1) is 0 Å². The van der Waals surface area contributed by atoms with Gasteiger partial charge in [0, 0.05) is 31.1 Å². The largest absolute Gasteiger partial charge is 0.357 e. The Labute approximate surface area is 171 Å². The van der Waals surface area contributed by atoms with Gasteiger partial charge in [-0.1, -0.05) is 36.4 Å². The lowest BCUT2D eigenvalue weighted by atomic mass is 9.91. The van der Waals surface area contributed by atoms with Crippen molar-refractivity contribution < 1.29 is 13.2 Å². The zero-order chi connectivity index (χ0) is 20.7. The minimum atomic E-state index is -3.35. The SMILES string of the molecule is CCNC(=NCC1CC(=O)Nc2ccccc21)NCCS(=O)(=O)c1ccccc1. The third kappa shape index (κ3) is 5.57. The van der Waals surface area contributed by atoms with Crippen molar-refractivity contribution in [2.75, 3.05) is 30.7 Å². The molecule has 0 radical (unpaired) electrons. The third-order valence-corrected chi connectivity index (χ3v) is 6.42. The third-order valence-electron chi connectivity index (χ3n) is 4.69. The first-order chi connectivity index (χ1) is 14.0. The van der Waals surface area contributed by atoms with E-state index in [0.29, 0.717) is 30.4 Å². The summed E-state index contributed by atoms with van der Waals surface area (Å²) in [6.07, 6.45) is 0.377. The summed E-state index contributed by atoms with van der Waals surface area (Å²) in [5, 5.41) is 9.09. The summed E-state index contributed by atoms with van der Waals surface area (Å²) < 4.78 is 24.8. The number of rotatable bonds is 7. The van der Waals surface area contributed by atoms with Crippen LogP contribution in [0.4, 0.5) is 5.69 Å². The Morgan fingerprint density at radius 2 is 1.83 bits per heavy atom. The van der Waals surface area contributed by atoms with Crippen LogP contribution >= 0.6 is 0 Å². The van der Waals surface area contributed by atoms with Crippen LogP contribution in [0.2, 0.25) is 0 Å². The summed E-state index contributed by atoms with van der Waals surface area (Å²) in [5.41, 5.74) is 1.90. The first kappa shape index (κ1) is 20.9. The van der Waals surface area contributed by atoms with Gasteiger partial charge in [0.1, 0.15) is 0 Å². The van der Waals surface area contributed by atoms with E-state index in [1.165, 1.54) is 0 Å². The molecule has 2 aromatic rings. The molecular formula is C21H26N4O3S. The number of guanidine groups is 1. The maximum atomic E-state index is 12.4. The molecule has 1 aliphatic rings. The Bertz CT molecular complexity index is 974. The van der Waals surface area contributed by atoms with E-state index in [4.69, 9.17) is 0 Å². The fraction of sp³-hybridized carbons (Fsp3) is 0.333. The Kier molecular flexibility index (Phi) is 6.87. The number of carbonyl (C=O) groups excluding carboxylic acids is 1. The van der Waals surface area contributed by atoms with Crippen LogP contribution < -0.4 is 16.0 Å². The molecule has 1 atom stereocenters. The molecule has 0 aromatic heterocycles. The van der Waals surface area contributed by atoms with E-state index >= 15 is 0 Å². The maximum absolute atomic E-state index is 12.4. The van der Waals surface area contributed by atoms with Crippen molar-refractivity contribution in [1.29, 1.82) is 0 Å². The molecule has 29 heavy (non-hydrogen) atoms. The van der Waals surface area contributed by atoms with Crippen molar-refractivity contribution in [3.8, 4) is 0 Å². The number of aliphatic imine (C=N–C) groups is 1. The minimum Gasteiger partial charge on any atom is -0.357 e. The normalized spacial score (nSPS) is 16.7. The van der Waals surface area contributed by atoms with Crippen LogP contribution in [-0.2, 0) is 14.6 Å². The number of hydrogen-bond acceptors (Lipinski definition) is 4. The Balaban J connectivity index is 1.63. The summed E-state index contributed by atoms with van der Waals surface area (Å²) in [7, 11) is -3.35. The second kappa shape index (κ2) is 9.56. The van der Waals surface area contributed by atoms with E-state index < -0.39 is 9.84 Å². The average molecular weight is 415 g/mol. The fourth-order valence-electron chi connectivity index (χ4n) is 3.26. The molecule has 0 fully saturated rings. The van der Waals surface area contributed by atoms with Crippen molar-refractivity contribution in [3.63, 3.8) is 0 Å². The molecule has 3 rings (SSSR count). The zero-order valence-corrected chi connectivity index (χ0v) is 17.2. The number of nitrogens with zero attached hydrogens (tertiary/aromatic N) is 1. The highest BCUT2D eigenvalue weighted by Gasteiger charge is 2.24. The van der Waals surface area contributed by atoms with Gasteiger partial charge in [0.25, 0.3) is 0 Å². The maximum Gasteiger partial charge on any atom is 0.225 e. The fourth-order valence-corrected chi connectivity index (χ4v) is 4.44. The smallest absolute Gasteiger partial charge is 0.225 e. The van der Waals surface area contributed by atoms with E-state index in [0.717, 1.165) is 11.3 Å². The Morgan fingerprint density at radius 3 is 2.59 bits per heavy atom. The number of sulfone groups is 1. The Hall–Kier alpha value is -2.87. The van der Waals surface area contributed by atoms with Crippen molar-refractivity contribution in [1.82, 2.24) is 10.6 Å². The Morgan fingerprint density at radius 1 is 1.10 bits per heavy atom. The van der Waals surface area contributed by atoms with Crippen LogP contribution in [0.15, 0.2) is 64.5 Å². The van der Waals surface area contributed by atoms with Gasteiger partial charge in [-0.05, 0) is 30.7 Å². The van der Waals surface area contributed by atoms with Gasteiger partial charge >= 0.3 is 0 Å². The average Bonchev–Trinajstić information content (AvgIpc) is 2.72. The molecule has 154 valence electrons. The molecule has 0 aliphatic carbocycles. The summed E-state index contributed by atoms with van der Waals surface area (Å²) in [6.45, 7) is 3.27. The molecule has 0 saturated heterocycles. The van der Waals surface area contributed by atoms with Crippen LogP contribution in [0.5, 0.6) is 0 Å². The van der Waals surface area contributed by atoms with Crippen molar-refractivity contribution in [2.24, 2.45) is 4.99 Å². The molecule has 1 heterocycles. The van der Waals surface area contributed by atoms with Gasteiger partial charge in [-0.2, -0.15) is 0 Å². The van der Waals surface area contributed by atoms with Gasteiger partial charge in [0.2, 0.25) is 5.91 Å². The highest BCUT2D eigenvalue weighted by Crippen LogP contribution is 2.31. The number of anilines is 1. The number of fused-ring (bicyclic) bond motifs is 1. The van der Waals surface area contributed by atoms with Gasteiger partial charge in [0.05, 0.1) is 17.2 Å². The van der Waals surface area contributed by atoms with Crippen molar-refractivity contribution in [2.45, 2.75) is 24.2 Å². The van der Waals surface area contributed by atoms with Gasteiger partial charge < -0.3 is 16.0 Å². The molecule has 3 N–H and O–H groups in total. The number of hydrogen-bond donors (Lipinski definition) is 3. The molecule has 1 unspecified atom stereocenters. The van der Waals surface area contributed by atoms with Crippen LogP contribution in [0.1, 0.15) is 24.8 Å². The standard InChI is InChI=1S/C21H26N4O3S/c1-2-22-21(23-12-13-29(27,28)17-8-4-3-5-9-17)24-15-16-14-20(26)25-19-11-7-6-10-18(16)19/h3-11,16H,2,12-15H2,1H3,(H,25,26)(H2,22,23,24). The number of nitrogens with one attached hydrogen (secondary N) is 3. The lowest BCUT2D eigenvalue weighted by molar-refractivity contribution is -0.116. The monoisotopic (exact) mass is 414 g/mol. The van der Waals surface area contributed by atoms with Crippen LogP contribution in [0.3, 0.4) is 0 Å². The minimum absolute atomic E-state index is 0.0107. The van der Waals surface area contributed by atoms with Gasteiger partial charge in [-0.3, -0.25) is 9.79 Å². The van der Waals surface area contributed by atoms with Gasteiger partial charge in [-0.15, -0.1) is 0 Å². The van der Waals surface area contributed by atoms with E-state index in [2.05, 4.69) is 20.9 Å². The number of carbonyl (C=O) groups is 1. The first-order valence-electron chi connectivity index (χ1n) is 9.68. The van der Waals surface area contributed by atoms with E-state index in [9.17, 15) is 13.2 Å². The van der Waals surface area contributed by atoms with Gasteiger partial charge in [0.15, 0.2) is 15.8 Å². The quantitative estimate of drug-likeness (QED) is 0.476. The number of amides is 1. The topological polar surface area (TPSA) is 99.7 Å². The van der Waals surface area contributed by atoms with E-state index in [1.54, 1.807) is 30.3 Å². The predicted molar refractivity (Wildman–Crippen MR) is 115 cm³/mol. The van der Waals surface area contributed by atoms with Gasteiger partial charge in [-0.25, -0.2) is 8.42 Å². The number of para-hydroxylation sites is 1. The van der Waals surface area contributed by atoms with Crippen molar-refractivity contribution in [3.05, 3.63) is 60.2 Å². The molecule has 1 amide bonds. The molecule has 0 saturated carbocycles.